The van der Waals surface area contributed by atoms with Gasteiger partial charge in [0.15, 0.2) is 0 Å². The molecule has 0 atom stereocenters. The lowest BCUT2D eigenvalue weighted by Crippen LogP contribution is -1.86. The van der Waals surface area contributed by atoms with Crippen molar-refractivity contribution in [2.75, 3.05) is 14.2 Å². The van der Waals surface area contributed by atoms with Crippen molar-refractivity contribution >= 4 is 21.8 Å². The Morgan fingerprint density at radius 1 is 0.870 bits per heavy atom. The second-order valence-electron chi connectivity index (χ2n) is 5.23. The molecule has 0 saturated heterocycles. The molecule has 0 spiro atoms. The summed E-state index contributed by atoms with van der Waals surface area (Å²) in [6.07, 6.45) is 1.85. The van der Waals surface area contributed by atoms with E-state index in [1.54, 1.807) is 14.2 Å². The molecule has 4 rings (SSSR count). The first-order valence-electron chi connectivity index (χ1n) is 7.25. The van der Waals surface area contributed by atoms with Crippen molar-refractivity contribution in [1.82, 2.24) is 15.2 Å². The number of fused-ring (bicyclic) bond motifs is 3. The van der Waals surface area contributed by atoms with Crippen LogP contribution in [0.5, 0.6) is 11.5 Å². The van der Waals surface area contributed by atoms with E-state index in [2.05, 4.69) is 15.2 Å². The van der Waals surface area contributed by atoms with Crippen molar-refractivity contribution in [2.45, 2.75) is 0 Å². The van der Waals surface area contributed by atoms with E-state index < -0.39 is 0 Å². The number of ether oxygens (including phenoxy) is 2. The Morgan fingerprint density at radius 3 is 2.35 bits per heavy atom. The van der Waals surface area contributed by atoms with Crippen LogP contribution in [0.4, 0.5) is 0 Å². The van der Waals surface area contributed by atoms with E-state index >= 15 is 0 Å². The third kappa shape index (κ3) is 2.17. The lowest BCUT2D eigenvalue weighted by molar-refractivity contribution is 0.415. The molecule has 0 aliphatic carbocycles. The summed E-state index contributed by atoms with van der Waals surface area (Å²) in [6.45, 7) is 0. The van der Waals surface area contributed by atoms with Gasteiger partial charge in [0.25, 0.3) is 0 Å². The summed E-state index contributed by atoms with van der Waals surface area (Å²) in [5.74, 6) is 1.62. The number of nitrogens with zero attached hydrogens (tertiary/aromatic N) is 2. The lowest BCUT2D eigenvalue weighted by Gasteiger charge is -2.04. The zero-order valence-corrected chi connectivity index (χ0v) is 12.8. The highest BCUT2D eigenvalue weighted by Crippen LogP contribution is 2.32. The molecule has 2 heterocycles. The Balaban J connectivity index is 1.93. The van der Waals surface area contributed by atoms with Crippen LogP contribution in [-0.4, -0.2) is 29.4 Å². The number of rotatable bonds is 3. The number of H-pyrrole nitrogens is 1. The maximum absolute atomic E-state index is 5.31. The Labute approximate surface area is 132 Å². The van der Waals surface area contributed by atoms with Crippen LogP contribution in [0.2, 0.25) is 0 Å². The van der Waals surface area contributed by atoms with Crippen molar-refractivity contribution in [3.8, 4) is 22.8 Å². The van der Waals surface area contributed by atoms with Crippen LogP contribution in [-0.2, 0) is 0 Å². The van der Waals surface area contributed by atoms with Crippen LogP contribution in [0.25, 0.3) is 33.1 Å². The van der Waals surface area contributed by atoms with Gasteiger partial charge in [0.2, 0.25) is 0 Å². The van der Waals surface area contributed by atoms with Gasteiger partial charge in [-0.1, -0.05) is 0 Å². The number of benzene rings is 2. The molecule has 0 aliphatic rings. The van der Waals surface area contributed by atoms with Gasteiger partial charge in [0.1, 0.15) is 17.2 Å². The minimum absolute atomic E-state index is 0.799. The zero-order valence-electron chi connectivity index (χ0n) is 12.8. The predicted molar refractivity (Wildman–Crippen MR) is 89.9 cm³/mol. The van der Waals surface area contributed by atoms with Crippen LogP contribution in [0.15, 0.2) is 48.7 Å². The van der Waals surface area contributed by atoms with Crippen LogP contribution in [0.3, 0.4) is 0 Å². The molecule has 5 heteroatoms. The van der Waals surface area contributed by atoms with E-state index in [4.69, 9.17) is 9.47 Å². The SMILES string of the molecule is COc1ccc(-c2n[nH]c3c2cnc2ccc(OC)cc23)cc1. The number of hydrogen-bond acceptors (Lipinski definition) is 4. The summed E-state index contributed by atoms with van der Waals surface area (Å²) in [4.78, 5) is 4.54. The van der Waals surface area contributed by atoms with Crippen molar-refractivity contribution in [3.63, 3.8) is 0 Å². The van der Waals surface area contributed by atoms with E-state index in [1.807, 2.05) is 48.7 Å². The fourth-order valence-electron chi connectivity index (χ4n) is 2.74. The zero-order chi connectivity index (χ0) is 15.8. The molecule has 0 aliphatic heterocycles. The van der Waals surface area contributed by atoms with E-state index in [0.717, 1.165) is 44.6 Å². The van der Waals surface area contributed by atoms with E-state index in [-0.39, 0.29) is 0 Å². The molecule has 0 bridgehead atoms. The number of nitrogens with one attached hydrogen (secondary N) is 1. The molecular weight excluding hydrogens is 290 g/mol. The Hall–Kier alpha value is -3.08. The average Bonchev–Trinajstić information content (AvgIpc) is 3.05. The largest absolute Gasteiger partial charge is 0.497 e. The summed E-state index contributed by atoms with van der Waals surface area (Å²) in [5.41, 5.74) is 3.75. The molecule has 2 aromatic carbocycles. The van der Waals surface area contributed by atoms with Gasteiger partial charge < -0.3 is 9.47 Å². The van der Waals surface area contributed by atoms with E-state index in [0.29, 0.717) is 0 Å². The smallest absolute Gasteiger partial charge is 0.119 e. The summed E-state index contributed by atoms with van der Waals surface area (Å²) in [7, 11) is 3.31. The van der Waals surface area contributed by atoms with Crippen LogP contribution < -0.4 is 9.47 Å². The molecule has 5 nitrogen and oxygen atoms in total. The standard InChI is InChI=1S/C18H15N3O2/c1-22-12-5-3-11(4-6-12)17-15-10-19-16-8-7-13(23-2)9-14(16)18(15)21-20-17/h3-10H,1-2H3,(H,20,21). The molecule has 4 aromatic rings. The normalized spacial score (nSPS) is 11.0. The Morgan fingerprint density at radius 2 is 1.61 bits per heavy atom. The first-order valence-corrected chi connectivity index (χ1v) is 7.25. The first kappa shape index (κ1) is 13.6. The monoisotopic (exact) mass is 305 g/mol. The fraction of sp³-hybridized carbons (Fsp3) is 0.111. The van der Waals surface area contributed by atoms with Gasteiger partial charge >= 0.3 is 0 Å². The van der Waals surface area contributed by atoms with Crippen LogP contribution in [0, 0.1) is 0 Å². The Kier molecular flexibility index (Phi) is 3.12. The number of hydrogen-bond donors (Lipinski definition) is 1. The third-order valence-corrected chi connectivity index (χ3v) is 3.97. The second kappa shape index (κ2) is 5.28. The van der Waals surface area contributed by atoms with Gasteiger partial charge in [-0.25, -0.2) is 0 Å². The third-order valence-electron chi connectivity index (χ3n) is 3.97. The van der Waals surface area contributed by atoms with Gasteiger partial charge in [0, 0.05) is 22.5 Å². The van der Waals surface area contributed by atoms with Gasteiger partial charge in [-0.05, 0) is 42.5 Å². The fourth-order valence-corrected chi connectivity index (χ4v) is 2.74. The Bertz CT molecular complexity index is 990. The topological polar surface area (TPSA) is 60.0 Å². The van der Waals surface area contributed by atoms with Crippen molar-refractivity contribution < 1.29 is 9.47 Å². The van der Waals surface area contributed by atoms with E-state index in [1.165, 1.54) is 0 Å². The maximum Gasteiger partial charge on any atom is 0.119 e. The number of aromatic nitrogens is 3. The molecule has 0 saturated carbocycles. The molecular formula is C18H15N3O2. The van der Waals surface area contributed by atoms with Crippen LogP contribution >= 0.6 is 0 Å². The van der Waals surface area contributed by atoms with Crippen molar-refractivity contribution in [3.05, 3.63) is 48.7 Å². The highest BCUT2D eigenvalue weighted by atomic mass is 16.5. The molecule has 0 unspecified atom stereocenters. The van der Waals surface area contributed by atoms with Crippen molar-refractivity contribution in [2.24, 2.45) is 0 Å². The van der Waals surface area contributed by atoms with Gasteiger partial charge in [-0.2, -0.15) is 5.10 Å². The summed E-state index contributed by atoms with van der Waals surface area (Å²) in [5, 5.41) is 9.59. The second-order valence-corrected chi connectivity index (χ2v) is 5.23. The molecule has 23 heavy (non-hydrogen) atoms. The number of aromatic amines is 1. The molecule has 0 fully saturated rings. The highest BCUT2D eigenvalue weighted by Gasteiger charge is 2.12. The van der Waals surface area contributed by atoms with Crippen molar-refractivity contribution in [1.29, 1.82) is 0 Å². The van der Waals surface area contributed by atoms with E-state index in [9.17, 15) is 0 Å². The average molecular weight is 305 g/mol. The number of pyridine rings is 1. The summed E-state index contributed by atoms with van der Waals surface area (Å²) >= 11 is 0. The molecule has 1 N–H and O–H groups in total. The van der Waals surface area contributed by atoms with Crippen LogP contribution in [0.1, 0.15) is 0 Å². The predicted octanol–water partition coefficient (Wildman–Crippen LogP) is 3.80. The van der Waals surface area contributed by atoms with Gasteiger partial charge in [-0.3, -0.25) is 10.1 Å². The molecule has 0 amide bonds. The first-order chi connectivity index (χ1) is 11.3. The lowest BCUT2D eigenvalue weighted by atomic mass is 10.1. The number of methoxy groups -OCH3 is 2. The maximum atomic E-state index is 5.31. The molecule has 0 radical (unpaired) electrons. The minimum Gasteiger partial charge on any atom is -0.497 e. The molecule has 2 aromatic heterocycles. The summed E-state index contributed by atoms with van der Waals surface area (Å²) < 4.78 is 10.5. The minimum atomic E-state index is 0.799. The quantitative estimate of drug-likeness (QED) is 0.625. The summed E-state index contributed by atoms with van der Waals surface area (Å²) in [6, 6.07) is 13.7. The molecule has 114 valence electrons. The van der Waals surface area contributed by atoms with Gasteiger partial charge in [-0.15, -0.1) is 0 Å². The van der Waals surface area contributed by atoms with Gasteiger partial charge in [0.05, 0.1) is 25.3 Å². The highest BCUT2D eigenvalue weighted by molar-refractivity contribution is 6.07.